The summed E-state index contributed by atoms with van der Waals surface area (Å²) in [5.74, 6) is 0.501. The summed E-state index contributed by atoms with van der Waals surface area (Å²) in [7, 11) is 0. The number of nitrogens with zero attached hydrogens (tertiary/aromatic N) is 1. The Morgan fingerprint density at radius 1 is 1.17 bits per heavy atom. The number of hydrogen-bond donors (Lipinski definition) is 1. The molecule has 1 aliphatic heterocycles. The van der Waals surface area contributed by atoms with Crippen molar-refractivity contribution in [3.05, 3.63) is 35.4 Å². The zero-order valence-corrected chi connectivity index (χ0v) is 14.6. The van der Waals surface area contributed by atoms with Crippen LogP contribution in [0.3, 0.4) is 0 Å². The van der Waals surface area contributed by atoms with Crippen LogP contribution in [-0.4, -0.2) is 36.3 Å². The van der Waals surface area contributed by atoms with Gasteiger partial charge in [-0.2, -0.15) is 0 Å². The van der Waals surface area contributed by atoms with Gasteiger partial charge in [0.05, 0.1) is 5.92 Å². The third kappa shape index (κ3) is 3.63. The molecule has 2 amide bonds. The van der Waals surface area contributed by atoms with E-state index in [9.17, 15) is 9.59 Å². The molecule has 1 aromatic carbocycles. The van der Waals surface area contributed by atoms with Crippen molar-refractivity contribution in [1.29, 1.82) is 0 Å². The van der Waals surface area contributed by atoms with Crippen molar-refractivity contribution in [2.75, 3.05) is 19.6 Å². The molecule has 1 atom stereocenters. The van der Waals surface area contributed by atoms with E-state index in [2.05, 4.69) is 30.4 Å². The first-order valence-corrected chi connectivity index (χ1v) is 9.35. The van der Waals surface area contributed by atoms with Crippen LogP contribution in [0, 0.1) is 5.92 Å². The summed E-state index contributed by atoms with van der Waals surface area (Å²) < 4.78 is 0. The Labute approximate surface area is 144 Å². The number of likely N-dealkylation sites (tertiary alicyclic amines) is 1. The van der Waals surface area contributed by atoms with Crippen LogP contribution in [0.5, 0.6) is 0 Å². The van der Waals surface area contributed by atoms with E-state index in [4.69, 9.17) is 0 Å². The van der Waals surface area contributed by atoms with Crippen LogP contribution in [0.25, 0.3) is 0 Å². The summed E-state index contributed by atoms with van der Waals surface area (Å²) in [6.07, 6.45) is 5.66. The molecule has 130 valence electrons. The lowest BCUT2D eigenvalue weighted by atomic mass is 9.81. The first kappa shape index (κ1) is 17.0. The van der Waals surface area contributed by atoms with E-state index in [1.54, 1.807) is 0 Å². The highest BCUT2D eigenvalue weighted by molar-refractivity contribution is 5.85. The number of benzene rings is 1. The fraction of sp³-hybridized carbons (Fsp3) is 0.600. The Hall–Kier alpha value is -1.84. The molecule has 2 aliphatic rings. The van der Waals surface area contributed by atoms with Crippen LogP contribution in [0.2, 0.25) is 0 Å². The van der Waals surface area contributed by atoms with Gasteiger partial charge in [-0.3, -0.25) is 9.59 Å². The molecular formula is C20H28N2O2. The Morgan fingerprint density at radius 3 is 2.67 bits per heavy atom. The molecule has 1 aliphatic carbocycles. The monoisotopic (exact) mass is 328 g/mol. The fourth-order valence-electron chi connectivity index (χ4n) is 3.99. The van der Waals surface area contributed by atoms with Crippen molar-refractivity contribution in [2.24, 2.45) is 5.92 Å². The minimum Gasteiger partial charge on any atom is -0.356 e. The van der Waals surface area contributed by atoms with Crippen LogP contribution in [-0.2, 0) is 16.0 Å². The van der Waals surface area contributed by atoms with Crippen molar-refractivity contribution in [3.63, 3.8) is 0 Å². The number of rotatable bonds is 4. The minimum atomic E-state index is 0.0143. The summed E-state index contributed by atoms with van der Waals surface area (Å²) in [4.78, 5) is 27.1. The molecule has 1 N–H and O–H groups in total. The van der Waals surface area contributed by atoms with E-state index < -0.39 is 0 Å². The molecule has 4 nitrogen and oxygen atoms in total. The molecule has 0 spiro atoms. The molecule has 0 saturated carbocycles. The first-order valence-electron chi connectivity index (χ1n) is 9.35. The van der Waals surface area contributed by atoms with Gasteiger partial charge >= 0.3 is 0 Å². The van der Waals surface area contributed by atoms with Crippen LogP contribution in [0.4, 0.5) is 0 Å². The molecule has 4 heteroatoms. The standard InChI is InChI=1S/C20H28N2O2/c1-2-12-21-19(23)16-10-13-22(14-11-16)20(24)18-9-5-7-15-6-3-4-8-17(15)18/h3-4,6,8,16,18H,2,5,7,9-14H2,1H3,(H,21,23). The number of hydrogen-bond acceptors (Lipinski definition) is 2. The van der Waals surface area contributed by atoms with Gasteiger partial charge in [0, 0.05) is 25.6 Å². The van der Waals surface area contributed by atoms with Crippen LogP contribution < -0.4 is 5.32 Å². The fourth-order valence-corrected chi connectivity index (χ4v) is 3.99. The molecular weight excluding hydrogens is 300 g/mol. The Morgan fingerprint density at radius 2 is 1.92 bits per heavy atom. The Kier molecular flexibility index (Phi) is 5.54. The van der Waals surface area contributed by atoms with Crippen LogP contribution in [0.1, 0.15) is 56.1 Å². The molecule has 24 heavy (non-hydrogen) atoms. The van der Waals surface area contributed by atoms with Crippen LogP contribution >= 0.6 is 0 Å². The molecule has 1 unspecified atom stereocenters. The molecule has 3 rings (SSSR count). The van der Waals surface area contributed by atoms with E-state index in [0.717, 1.165) is 45.1 Å². The SMILES string of the molecule is CCCNC(=O)C1CCN(C(=O)C2CCCc3ccccc32)CC1. The van der Waals surface area contributed by atoms with Crippen molar-refractivity contribution >= 4 is 11.8 Å². The Balaban J connectivity index is 1.59. The lowest BCUT2D eigenvalue weighted by Crippen LogP contribution is -2.45. The summed E-state index contributed by atoms with van der Waals surface area (Å²) in [5.41, 5.74) is 2.55. The van der Waals surface area contributed by atoms with Crippen molar-refractivity contribution < 1.29 is 9.59 Å². The number of nitrogens with one attached hydrogen (secondary N) is 1. The Bertz CT molecular complexity index is 591. The van der Waals surface area contributed by atoms with Gasteiger partial charge in [0.1, 0.15) is 0 Å². The van der Waals surface area contributed by atoms with Crippen molar-refractivity contribution in [2.45, 2.75) is 51.4 Å². The van der Waals surface area contributed by atoms with Crippen LogP contribution in [0.15, 0.2) is 24.3 Å². The molecule has 1 heterocycles. The minimum absolute atomic E-state index is 0.0143. The highest BCUT2D eigenvalue weighted by Gasteiger charge is 2.33. The molecule has 0 aromatic heterocycles. The van der Waals surface area contributed by atoms with Gasteiger partial charge in [-0.05, 0) is 49.7 Å². The third-order valence-corrected chi connectivity index (χ3v) is 5.39. The van der Waals surface area contributed by atoms with E-state index in [0.29, 0.717) is 13.1 Å². The zero-order valence-electron chi connectivity index (χ0n) is 14.6. The lowest BCUT2D eigenvalue weighted by Gasteiger charge is -2.35. The second-order valence-electron chi connectivity index (χ2n) is 7.03. The van der Waals surface area contributed by atoms with Gasteiger partial charge in [-0.25, -0.2) is 0 Å². The van der Waals surface area contributed by atoms with E-state index in [1.807, 2.05) is 11.0 Å². The lowest BCUT2D eigenvalue weighted by molar-refractivity contribution is -0.137. The molecule has 0 radical (unpaired) electrons. The number of carbonyl (C=O) groups is 2. The summed E-state index contributed by atoms with van der Waals surface area (Å²) in [6, 6.07) is 8.36. The number of aryl methyl sites for hydroxylation is 1. The first-order chi connectivity index (χ1) is 11.7. The maximum absolute atomic E-state index is 13.0. The van der Waals surface area contributed by atoms with Gasteiger partial charge in [-0.1, -0.05) is 31.2 Å². The third-order valence-electron chi connectivity index (χ3n) is 5.39. The molecule has 1 fully saturated rings. The van der Waals surface area contributed by atoms with Crippen molar-refractivity contribution in [1.82, 2.24) is 10.2 Å². The van der Waals surface area contributed by atoms with Gasteiger partial charge in [0.25, 0.3) is 0 Å². The molecule has 1 aromatic rings. The van der Waals surface area contributed by atoms with E-state index >= 15 is 0 Å². The zero-order chi connectivity index (χ0) is 16.9. The number of fused-ring (bicyclic) bond motifs is 1. The topological polar surface area (TPSA) is 49.4 Å². The van der Waals surface area contributed by atoms with E-state index in [-0.39, 0.29) is 23.7 Å². The maximum Gasteiger partial charge on any atom is 0.230 e. The average Bonchev–Trinajstić information content (AvgIpc) is 2.65. The summed E-state index contributed by atoms with van der Waals surface area (Å²) in [5, 5.41) is 2.98. The number of amides is 2. The van der Waals surface area contributed by atoms with Gasteiger partial charge < -0.3 is 10.2 Å². The summed E-state index contributed by atoms with van der Waals surface area (Å²) >= 11 is 0. The molecule has 0 bridgehead atoms. The van der Waals surface area contributed by atoms with Gasteiger partial charge in [0.15, 0.2) is 0 Å². The summed E-state index contributed by atoms with van der Waals surface area (Å²) in [6.45, 7) is 4.23. The maximum atomic E-state index is 13.0. The normalized spacial score (nSPS) is 21.2. The second kappa shape index (κ2) is 7.82. The average molecular weight is 328 g/mol. The largest absolute Gasteiger partial charge is 0.356 e. The number of carbonyl (C=O) groups excluding carboxylic acids is 2. The smallest absolute Gasteiger partial charge is 0.230 e. The number of piperidine rings is 1. The van der Waals surface area contributed by atoms with Crippen molar-refractivity contribution in [3.8, 4) is 0 Å². The highest BCUT2D eigenvalue weighted by Crippen LogP contribution is 2.33. The van der Waals surface area contributed by atoms with Gasteiger partial charge in [-0.15, -0.1) is 0 Å². The predicted octanol–water partition coefficient (Wildman–Crippen LogP) is 2.87. The molecule has 1 saturated heterocycles. The second-order valence-corrected chi connectivity index (χ2v) is 7.03. The predicted molar refractivity (Wildman–Crippen MR) is 94.7 cm³/mol. The quantitative estimate of drug-likeness (QED) is 0.924. The van der Waals surface area contributed by atoms with Gasteiger partial charge in [0.2, 0.25) is 11.8 Å². The highest BCUT2D eigenvalue weighted by atomic mass is 16.2. The van der Waals surface area contributed by atoms with E-state index in [1.165, 1.54) is 11.1 Å².